The van der Waals surface area contributed by atoms with Crippen molar-refractivity contribution in [1.29, 1.82) is 0 Å². The lowest BCUT2D eigenvalue weighted by atomic mass is 10.0. The summed E-state index contributed by atoms with van der Waals surface area (Å²) in [5.74, 6) is 0.678. The number of amides is 1. The summed E-state index contributed by atoms with van der Waals surface area (Å²) in [7, 11) is 4.28. The number of likely N-dealkylation sites (tertiary alicyclic amines) is 1. The predicted octanol–water partition coefficient (Wildman–Crippen LogP) is 3.38. The summed E-state index contributed by atoms with van der Waals surface area (Å²) in [6.07, 6.45) is 5.76. The van der Waals surface area contributed by atoms with E-state index in [0.29, 0.717) is 49.9 Å². The van der Waals surface area contributed by atoms with Gasteiger partial charge in [0.15, 0.2) is 0 Å². The van der Waals surface area contributed by atoms with Crippen LogP contribution < -0.4 is 14.5 Å². The smallest absolute Gasteiger partial charge is 0.318 e. The molecule has 236 valence electrons. The van der Waals surface area contributed by atoms with Crippen molar-refractivity contribution in [2.45, 2.75) is 38.0 Å². The molecular formula is C33H40ClN9O2. The number of anilines is 2. The third-order valence-corrected chi connectivity index (χ3v) is 9.70. The topological polar surface area (TPSA) is 85.5 Å². The minimum Gasteiger partial charge on any atom is -0.462 e. The Morgan fingerprint density at radius 2 is 2.04 bits per heavy atom. The number of ether oxygens (including phenoxy) is 1. The zero-order valence-corrected chi connectivity index (χ0v) is 26.9. The number of carbonyl (C=O) groups excluding carboxylic acids is 1. The van der Waals surface area contributed by atoms with Gasteiger partial charge in [-0.15, -0.1) is 0 Å². The van der Waals surface area contributed by atoms with Gasteiger partial charge in [-0.2, -0.15) is 9.97 Å². The number of nitrogens with zero attached hydrogens (tertiary/aromatic N) is 9. The maximum Gasteiger partial charge on any atom is 0.318 e. The summed E-state index contributed by atoms with van der Waals surface area (Å²) in [5.41, 5.74) is 2.95. The number of piperazine rings is 1. The van der Waals surface area contributed by atoms with E-state index in [9.17, 15) is 4.79 Å². The molecule has 5 heterocycles. The molecule has 0 spiro atoms. The normalized spacial score (nSPS) is 19.6. The molecule has 6 rings (SSSR count). The SMILES string of the molecule is [C-]#[N+]C[C@H]1CN(c2nc(OC[C@@H](C)N(C)C3CN(C)C3)nc3c2CCN(c2cncc4cccc(Cl)c24)C3)CCN1C(=O)C=C. The number of pyridine rings is 1. The van der Waals surface area contributed by atoms with Crippen molar-refractivity contribution in [3.05, 3.63) is 70.9 Å². The van der Waals surface area contributed by atoms with Crippen molar-refractivity contribution in [1.82, 2.24) is 29.7 Å². The molecule has 12 heteroatoms. The summed E-state index contributed by atoms with van der Waals surface area (Å²) in [6, 6.07) is 6.66. The van der Waals surface area contributed by atoms with Crippen molar-refractivity contribution < 1.29 is 9.53 Å². The molecule has 3 aliphatic heterocycles. The van der Waals surface area contributed by atoms with Crippen LogP contribution in [0.1, 0.15) is 18.2 Å². The number of benzene rings is 1. The standard InChI is InChI=1S/C33H40ClN9O2/c1-6-30(44)43-13-12-42(19-24(43)15-35-3)32-26-10-11-41(29-16-36-14-23-8-7-9-27(34)31(23)29)20-28(26)37-33(38-32)45-21-22(2)40(5)25-17-39(4)18-25/h6-9,14,16,22,24-25H,1,10-13,15,17-21H2,2,4-5H3/t22-,24+/m1/s1. The van der Waals surface area contributed by atoms with Crippen LogP contribution >= 0.6 is 11.6 Å². The molecule has 1 amide bonds. The van der Waals surface area contributed by atoms with E-state index in [1.165, 1.54) is 6.08 Å². The summed E-state index contributed by atoms with van der Waals surface area (Å²) in [4.78, 5) is 41.6. The predicted molar refractivity (Wildman–Crippen MR) is 177 cm³/mol. The average Bonchev–Trinajstić information content (AvgIpc) is 3.04. The summed E-state index contributed by atoms with van der Waals surface area (Å²) in [5, 5.41) is 2.66. The van der Waals surface area contributed by atoms with Crippen molar-refractivity contribution in [3.8, 4) is 6.01 Å². The van der Waals surface area contributed by atoms with Crippen LogP contribution in [-0.4, -0.2) is 120 Å². The fourth-order valence-electron chi connectivity index (χ4n) is 6.64. The maximum absolute atomic E-state index is 12.6. The van der Waals surface area contributed by atoms with Gasteiger partial charge in [-0.1, -0.05) is 30.3 Å². The first-order valence-corrected chi connectivity index (χ1v) is 15.9. The lowest BCUT2D eigenvalue weighted by Gasteiger charge is -2.44. The maximum atomic E-state index is 12.6. The van der Waals surface area contributed by atoms with E-state index in [4.69, 9.17) is 32.9 Å². The Balaban J connectivity index is 1.31. The van der Waals surface area contributed by atoms with Gasteiger partial charge in [0.25, 0.3) is 0 Å². The molecule has 45 heavy (non-hydrogen) atoms. The molecule has 1 aromatic carbocycles. The molecule has 0 saturated carbocycles. The Morgan fingerprint density at radius 3 is 2.80 bits per heavy atom. The van der Waals surface area contributed by atoms with E-state index in [0.717, 1.165) is 59.6 Å². The van der Waals surface area contributed by atoms with Gasteiger partial charge in [0.1, 0.15) is 18.5 Å². The first kappa shape index (κ1) is 31.0. The minimum absolute atomic E-state index is 0.147. The van der Waals surface area contributed by atoms with Crippen LogP contribution in [0.5, 0.6) is 6.01 Å². The van der Waals surface area contributed by atoms with Gasteiger partial charge in [0.05, 0.1) is 29.1 Å². The van der Waals surface area contributed by atoms with Crippen LogP contribution in [0.2, 0.25) is 5.02 Å². The number of hydrogen-bond donors (Lipinski definition) is 0. The number of halogens is 1. The minimum atomic E-state index is -0.255. The van der Waals surface area contributed by atoms with Crippen molar-refractivity contribution >= 4 is 39.8 Å². The Morgan fingerprint density at radius 1 is 1.22 bits per heavy atom. The van der Waals surface area contributed by atoms with E-state index < -0.39 is 0 Å². The first-order valence-electron chi connectivity index (χ1n) is 15.5. The number of rotatable bonds is 9. The molecule has 2 saturated heterocycles. The fraction of sp³-hybridized carbons (Fsp3) is 0.485. The number of fused-ring (bicyclic) bond motifs is 2. The molecule has 0 radical (unpaired) electrons. The first-order chi connectivity index (χ1) is 21.8. The van der Waals surface area contributed by atoms with Crippen LogP contribution in [0.15, 0.2) is 43.2 Å². The van der Waals surface area contributed by atoms with E-state index in [2.05, 4.69) is 57.0 Å². The highest BCUT2D eigenvalue weighted by Gasteiger charge is 2.35. The molecule has 0 N–H and O–H groups in total. The molecule has 0 bridgehead atoms. The summed E-state index contributed by atoms with van der Waals surface area (Å²) < 4.78 is 6.33. The lowest BCUT2D eigenvalue weighted by molar-refractivity contribution is -0.128. The van der Waals surface area contributed by atoms with Crippen LogP contribution in [0.3, 0.4) is 0 Å². The van der Waals surface area contributed by atoms with E-state index >= 15 is 0 Å². The van der Waals surface area contributed by atoms with Gasteiger partial charge < -0.3 is 29.2 Å². The molecule has 0 aliphatic carbocycles. The highest BCUT2D eigenvalue weighted by Crippen LogP contribution is 2.36. The molecule has 2 atom stereocenters. The molecule has 0 unspecified atom stereocenters. The number of likely N-dealkylation sites (N-methyl/N-ethyl adjacent to an activating group) is 2. The molecular weight excluding hydrogens is 590 g/mol. The molecule has 11 nitrogen and oxygen atoms in total. The molecule has 2 fully saturated rings. The Hall–Kier alpha value is -3.98. The van der Waals surface area contributed by atoms with Crippen LogP contribution in [-0.2, 0) is 17.8 Å². The number of hydrogen-bond acceptors (Lipinski definition) is 9. The van der Waals surface area contributed by atoms with Crippen LogP contribution in [0.4, 0.5) is 11.5 Å². The third kappa shape index (κ3) is 6.27. The third-order valence-electron chi connectivity index (χ3n) is 9.39. The van der Waals surface area contributed by atoms with E-state index in [1.807, 2.05) is 30.6 Å². The second-order valence-electron chi connectivity index (χ2n) is 12.3. The molecule has 3 aromatic rings. The second kappa shape index (κ2) is 13.2. The van der Waals surface area contributed by atoms with Crippen molar-refractivity contribution in [2.24, 2.45) is 0 Å². The van der Waals surface area contributed by atoms with Crippen LogP contribution in [0.25, 0.3) is 15.6 Å². The van der Waals surface area contributed by atoms with Crippen molar-refractivity contribution in [2.75, 3.05) is 76.3 Å². The van der Waals surface area contributed by atoms with Gasteiger partial charge in [0, 0.05) is 73.9 Å². The zero-order valence-electron chi connectivity index (χ0n) is 26.2. The van der Waals surface area contributed by atoms with Crippen LogP contribution in [0, 0.1) is 6.57 Å². The fourth-order valence-corrected chi connectivity index (χ4v) is 6.92. The monoisotopic (exact) mass is 629 g/mol. The molecule has 3 aliphatic rings. The quantitative estimate of drug-likeness (QED) is 0.261. The largest absolute Gasteiger partial charge is 0.462 e. The second-order valence-corrected chi connectivity index (χ2v) is 12.7. The van der Waals surface area contributed by atoms with Gasteiger partial charge in [0.2, 0.25) is 12.5 Å². The molecule has 2 aromatic heterocycles. The highest BCUT2D eigenvalue weighted by atomic mass is 35.5. The van der Waals surface area contributed by atoms with E-state index in [1.54, 1.807) is 4.90 Å². The van der Waals surface area contributed by atoms with Gasteiger partial charge in [-0.25, -0.2) is 6.57 Å². The van der Waals surface area contributed by atoms with E-state index in [-0.39, 0.29) is 24.5 Å². The summed E-state index contributed by atoms with van der Waals surface area (Å²) in [6.45, 7) is 19.0. The van der Waals surface area contributed by atoms with Gasteiger partial charge in [-0.3, -0.25) is 14.7 Å². The Labute approximate surface area is 269 Å². The average molecular weight is 630 g/mol. The zero-order chi connectivity index (χ0) is 31.7. The van der Waals surface area contributed by atoms with Gasteiger partial charge >= 0.3 is 6.01 Å². The number of aromatic nitrogens is 3. The number of carbonyl (C=O) groups is 1. The van der Waals surface area contributed by atoms with Gasteiger partial charge in [-0.05, 0) is 39.6 Å². The highest BCUT2D eigenvalue weighted by molar-refractivity contribution is 6.36. The summed E-state index contributed by atoms with van der Waals surface area (Å²) >= 11 is 6.69. The Bertz CT molecular complexity index is 1620. The Kier molecular flexibility index (Phi) is 9.08. The van der Waals surface area contributed by atoms with Crippen molar-refractivity contribution in [3.63, 3.8) is 0 Å². The lowest BCUT2D eigenvalue weighted by Crippen LogP contribution is -2.59.